The summed E-state index contributed by atoms with van der Waals surface area (Å²) in [5.74, 6) is 2.42. The molecule has 0 aromatic heterocycles. The molecule has 26 heavy (non-hydrogen) atoms. The highest BCUT2D eigenvalue weighted by molar-refractivity contribution is 6.01. The quantitative estimate of drug-likeness (QED) is 0.636. The number of hydrazone groups is 1. The summed E-state index contributed by atoms with van der Waals surface area (Å²) in [5, 5.41) is 4.17. The minimum atomic E-state index is -0.226. The third-order valence-corrected chi connectivity index (χ3v) is 3.95. The molecule has 2 aromatic rings. The molecule has 1 heterocycles. The zero-order valence-corrected chi connectivity index (χ0v) is 14.9. The van der Waals surface area contributed by atoms with Crippen molar-refractivity contribution in [3.8, 4) is 23.0 Å². The average molecular weight is 356 g/mol. The molecule has 0 aliphatic carbocycles. The monoisotopic (exact) mass is 356 g/mol. The van der Waals surface area contributed by atoms with E-state index < -0.39 is 0 Å². The van der Waals surface area contributed by atoms with Crippen LogP contribution in [0, 0.1) is 0 Å². The number of benzene rings is 2. The van der Waals surface area contributed by atoms with Crippen LogP contribution in [0.1, 0.15) is 18.1 Å². The molecule has 0 fully saturated rings. The molecule has 1 N–H and O–H groups in total. The summed E-state index contributed by atoms with van der Waals surface area (Å²) in [6.45, 7) is 2.00. The van der Waals surface area contributed by atoms with E-state index in [1.807, 2.05) is 18.2 Å². The molecule has 7 heteroatoms. The summed E-state index contributed by atoms with van der Waals surface area (Å²) >= 11 is 0. The van der Waals surface area contributed by atoms with Crippen LogP contribution in [-0.2, 0) is 11.2 Å². The van der Waals surface area contributed by atoms with E-state index in [9.17, 15) is 4.79 Å². The number of carbonyl (C=O) groups is 1. The Labute approximate surface area is 151 Å². The van der Waals surface area contributed by atoms with Crippen LogP contribution < -0.4 is 24.4 Å². The van der Waals surface area contributed by atoms with Gasteiger partial charge in [0.1, 0.15) is 11.5 Å². The van der Waals surface area contributed by atoms with Crippen LogP contribution in [-0.4, -0.2) is 32.6 Å². The maximum Gasteiger partial charge on any atom is 0.244 e. The predicted octanol–water partition coefficient (Wildman–Crippen LogP) is 2.52. The van der Waals surface area contributed by atoms with Gasteiger partial charge in [-0.25, -0.2) is 5.43 Å². The third kappa shape index (κ3) is 3.88. The van der Waals surface area contributed by atoms with Crippen LogP contribution in [0.3, 0.4) is 0 Å². The number of ether oxygens (including phenoxy) is 4. The van der Waals surface area contributed by atoms with Crippen LogP contribution in [0.2, 0.25) is 0 Å². The van der Waals surface area contributed by atoms with Gasteiger partial charge >= 0.3 is 0 Å². The molecule has 3 rings (SSSR count). The van der Waals surface area contributed by atoms with Gasteiger partial charge in [0.15, 0.2) is 11.5 Å². The molecular formula is C19H20N2O5. The number of nitrogens with zero attached hydrogens (tertiary/aromatic N) is 1. The van der Waals surface area contributed by atoms with Crippen LogP contribution in [0.15, 0.2) is 41.5 Å². The van der Waals surface area contributed by atoms with Crippen molar-refractivity contribution in [1.82, 2.24) is 5.43 Å². The zero-order valence-electron chi connectivity index (χ0n) is 14.9. The second-order valence-corrected chi connectivity index (χ2v) is 5.66. The largest absolute Gasteiger partial charge is 0.497 e. The Kier molecular flexibility index (Phi) is 5.26. The van der Waals surface area contributed by atoms with E-state index in [4.69, 9.17) is 18.9 Å². The lowest BCUT2D eigenvalue weighted by Gasteiger charge is -2.10. The molecule has 0 bridgehead atoms. The van der Waals surface area contributed by atoms with Gasteiger partial charge in [0, 0.05) is 11.6 Å². The fourth-order valence-electron chi connectivity index (χ4n) is 2.58. The van der Waals surface area contributed by atoms with Crippen molar-refractivity contribution in [3.05, 3.63) is 47.5 Å². The predicted molar refractivity (Wildman–Crippen MR) is 96.2 cm³/mol. The van der Waals surface area contributed by atoms with Gasteiger partial charge < -0.3 is 18.9 Å². The van der Waals surface area contributed by atoms with Crippen molar-refractivity contribution < 1.29 is 23.7 Å². The molecule has 7 nitrogen and oxygen atoms in total. The molecule has 0 saturated carbocycles. The molecule has 0 unspecified atom stereocenters. The Balaban J connectivity index is 1.66. The number of hydrogen-bond acceptors (Lipinski definition) is 6. The molecule has 2 aromatic carbocycles. The second kappa shape index (κ2) is 7.77. The van der Waals surface area contributed by atoms with Crippen LogP contribution >= 0.6 is 0 Å². The zero-order chi connectivity index (χ0) is 18.5. The van der Waals surface area contributed by atoms with Crippen molar-refractivity contribution in [2.24, 2.45) is 5.10 Å². The number of rotatable bonds is 6. The molecule has 0 spiro atoms. The standard InChI is InChI=1S/C19H20N2O5/c1-12(15-6-5-14(23-2)10-17(15)24-3)20-21-19(22)9-13-4-7-16-18(8-13)26-11-25-16/h4-8,10H,9,11H2,1-3H3,(H,21,22)/b20-12-. The normalized spacial score (nSPS) is 12.7. The van der Waals surface area contributed by atoms with E-state index in [0.29, 0.717) is 28.7 Å². The van der Waals surface area contributed by atoms with Crippen molar-refractivity contribution in [1.29, 1.82) is 0 Å². The minimum Gasteiger partial charge on any atom is -0.497 e. The summed E-state index contributed by atoms with van der Waals surface area (Å²) in [6.07, 6.45) is 0.188. The fraction of sp³-hybridized carbons (Fsp3) is 0.263. The summed E-state index contributed by atoms with van der Waals surface area (Å²) in [7, 11) is 3.16. The molecule has 136 valence electrons. The lowest BCUT2D eigenvalue weighted by molar-refractivity contribution is -0.120. The number of fused-ring (bicyclic) bond motifs is 1. The van der Waals surface area contributed by atoms with Gasteiger partial charge in [-0.3, -0.25) is 4.79 Å². The number of amides is 1. The van der Waals surface area contributed by atoms with Crippen molar-refractivity contribution in [3.63, 3.8) is 0 Å². The first-order chi connectivity index (χ1) is 12.6. The Morgan fingerprint density at radius 3 is 2.69 bits per heavy atom. The smallest absolute Gasteiger partial charge is 0.244 e. The average Bonchev–Trinajstić information content (AvgIpc) is 3.13. The van der Waals surface area contributed by atoms with Gasteiger partial charge in [-0.1, -0.05) is 6.07 Å². The molecule has 0 radical (unpaired) electrons. The van der Waals surface area contributed by atoms with Crippen molar-refractivity contribution in [2.45, 2.75) is 13.3 Å². The first-order valence-electron chi connectivity index (χ1n) is 8.04. The van der Waals surface area contributed by atoms with E-state index in [1.165, 1.54) is 0 Å². The Hall–Kier alpha value is -3.22. The van der Waals surface area contributed by atoms with Gasteiger partial charge in [0.25, 0.3) is 0 Å². The van der Waals surface area contributed by atoms with E-state index in [0.717, 1.165) is 11.1 Å². The van der Waals surface area contributed by atoms with Crippen LogP contribution in [0.5, 0.6) is 23.0 Å². The maximum absolute atomic E-state index is 12.2. The summed E-state index contributed by atoms with van der Waals surface area (Å²) < 4.78 is 21.1. The Bertz CT molecular complexity index is 848. The highest BCUT2D eigenvalue weighted by Gasteiger charge is 2.14. The van der Waals surface area contributed by atoms with Gasteiger partial charge in [0.2, 0.25) is 12.7 Å². The van der Waals surface area contributed by atoms with Gasteiger partial charge in [-0.2, -0.15) is 5.10 Å². The molecule has 0 saturated heterocycles. The fourth-order valence-corrected chi connectivity index (χ4v) is 2.58. The minimum absolute atomic E-state index is 0.188. The van der Waals surface area contributed by atoms with Crippen LogP contribution in [0.4, 0.5) is 0 Å². The highest BCUT2D eigenvalue weighted by atomic mass is 16.7. The summed E-state index contributed by atoms with van der Waals surface area (Å²) in [5.41, 5.74) is 4.79. The maximum atomic E-state index is 12.2. The number of carbonyl (C=O) groups excluding carboxylic acids is 1. The van der Waals surface area contributed by atoms with E-state index in [2.05, 4.69) is 10.5 Å². The van der Waals surface area contributed by atoms with Gasteiger partial charge in [-0.15, -0.1) is 0 Å². The van der Waals surface area contributed by atoms with E-state index in [1.54, 1.807) is 39.3 Å². The van der Waals surface area contributed by atoms with Gasteiger partial charge in [0.05, 0.1) is 26.4 Å². The first-order valence-corrected chi connectivity index (χ1v) is 8.04. The third-order valence-electron chi connectivity index (χ3n) is 3.95. The summed E-state index contributed by atoms with van der Waals surface area (Å²) in [6, 6.07) is 10.8. The highest BCUT2D eigenvalue weighted by Crippen LogP contribution is 2.32. The Morgan fingerprint density at radius 2 is 1.92 bits per heavy atom. The number of nitrogens with one attached hydrogen (secondary N) is 1. The van der Waals surface area contributed by atoms with Crippen LogP contribution in [0.25, 0.3) is 0 Å². The van der Waals surface area contributed by atoms with Gasteiger partial charge in [-0.05, 0) is 36.8 Å². The number of hydrogen-bond donors (Lipinski definition) is 1. The summed E-state index contributed by atoms with van der Waals surface area (Å²) in [4.78, 5) is 12.2. The molecule has 1 amide bonds. The Morgan fingerprint density at radius 1 is 1.12 bits per heavy atom. The lowest BCUT2D eigenvalue weighted by Crippen LogP contribution is -2.21. The SMILES string of the molecule is COc1ccc(/C(C)=N\NC(=O)Cc2ccc3c(c2)OCO3)c(OC)c1. The molecular weight excluding hydrogens is 336 g/mol. The first kappa shape index (κ1) is 17.6. The molecule has 1 aliphatic rings. The second-order valence-electron chi connectivity index (χ2n) is 5.66. The van der Waals surface area contributed by atoms with Crippen molar-refractivity contribution >= 4 is 11.6 Å². The van der Waals surface area contributed by atoms with E-state index >= 15 is 0 Å². The molecule has 0 atom stereocenters. The molecule has 1 aliphatic heterocycles. The lowest BCUT2D eigenvalue weighted by atomic mass is 10.1. The van der Waals surface area contributed by atoms with E-state index in [-0.39, 0.29) is 19.1 Å². The number of methoxy groups -OCH3 is 2. The van der Waals surface area contributed by atoms with Crippen molar-refractivity contribution in [2.75, 3.05) is 21.0 Å². The topological polar surface area (TPSA) is 78.4 Å².